The highest BCUT2D eigenvalue weighted by Crippen LogP contribution is 2.36. The lowest BCUT2D eigenvalue weighted by Crippen LogP contribution is -2.24. The second-order valence-electron chi connectivity index (χ2n) is 4.29. The van der Waals surface area contributed by atoms with Crippen molar-refractivity contribution in [3.05, 3.63) is 39.5 Å². The maximum Gasteiger partial charge on any atom is 0.0178 e. The summed E-state index contributed by atoms with van der Waals surface area (Å²) in [5.41, 5.74) is 6.05. The van der Waals surface area contributed by atoms with Crippen molar-refractivity contribution >= 4 is 21.5 Å². The van der Waals surface area contributed by atoms with Gasteiger partial charge in [0, 0.05) is 16.7 Å². The van der Waals surface area contributed by atoms with Crippen LogP contribution in [0.15, 0.2) is 28.4 Å². The molecule has 0 bridgehead atoms. The highest BCUT2D eigenvalue weighted by Gasteiger charge is 2.20. The largest absolute Gasteiger partial charge is 0.388 e. The molecule has 2 heteroatoms. The Morgan fingerprint density at radius 1 is 1.13 bits per heavy atom. The minimum Gasteiger partial charge on any atom is -0.388 e. The molecule has 0 aromatic heterocycles. The van der Waals surface area contributed by atoms with Crippen molar-refractivity contribution in [2.45, 2.75) is 25.7 Å². The van der Waals surface area contributed by atoms with Crippen molar-refractivity contribution in [1.82, 2.24) is 5.32 Å². The zero-order valence-electron chi connectivity index (χ0n) is 8.65. The first-order valence-electron chi connectivity index (χ1n) is 5.59. The van der Waals surface area contributed by atoms with Crippen molar-refractivity contribution in [1.29, 1.82) is 0 Å². The number of nitrogens with one attached hydrogen (secondary N) is 1. The van der Waals surface area contributed by atoms with Crippen LogP contribution in [0.5, 0.6) is 0 Å². The summed E-state index contributed by atoms with van der Waals surface area (Å²) in [6.07, 6.45) is 4.89. The van der Waals surface area contributed by atoms with Crippen LogP contribution in [0.1, 0.15) is 30.4 Å². The molecule has 1 N–H and O–H groups in total. The number of fused-ring (bicyclic) bond motifs is 2. The summed E-state index contributed by atoms with van der Waals surface area (Å²) in [4.78, 5) is 0. The second kappa shape index (κ2) is 3.67. The molecule has 1 nitrogen and oxygen atoms in total. The molecular weight excluding hydrogens is 250 g/mol. The van der Waals surface area contributed by atoms with Crippen molar-refractivity contribution in [3.8, 4) is 0 Å². The van der Waals surface area contributed by atoms with E-state index in [0.29, 0.717) is 0 Å². The van der Waals surface area contributed by atoms with E-state index in [9.17, 15) is 0 Å². The molecule has 3 rings (SSSR count). The Bertz CT molecular complexity index is 434. The van der Waals surface area contributed by atoms with Crippen molar-refractivity contribution in [2.24, 2.45) is 0 Å². The maximum absolute atomic E-state index is 3.55. The molecule has 78 valence electrons. The Balaban J connectivity index is 2.12. The van der Waals surface area contributed by atoms with E-state index >= 15 is 0 Å². The van der Waals surface area contributed by atoms with Gasteiger partial charge < -0.3 is 5.32 Å². The summed E-state index contributed by atoms with van der Waals surface area (Å²) in [5, 5.41) is 3.54. The van der Waals surface area contributed by atoms with Gasteiger partial charge in [-0.1, -0.05) is 22.0 Å². The Labute approximate surface area is 98.7 Å². The van der Waals surface area contributed by atoms with Crippen molar-refractivity contribution in [3.63, 3.8) is 0 Å². The van der Waals surface area contributed by atoms with E-state index in [-0.39, 0.29) is 0 Å². The third-order valence-corrected chi connectivity index (χ3v) is 3.84. The van der Waals surface area contributed by atoms with Gasteiger partial charge in [-0.05, 0) is 54.5 Å². The topological polar surface area (TPSA) is 12.0 Å². The zero-order chi connectivity index (χ0) is 10.3. The molecule has 15 heavy (non-hydrogen) atoms. The third-order valence-electron chi connectivity index (χ3n) is 3.34. The van der Waals surface area contributed by atoms with Crippen molar-refractivity contribution in [2.75, 3.05) is 6.54 Å². The number of rotatable bonds is 0. The number of halogens is 1. The van der Waals surface area contributed by atoms with E-state index in [2.05, 4.69) is 39.4 Å². The molecule has 1 aliphatic heterocycles. The average molecular weight is 264 g/mol. The molecule has 0 atom stereocenters. The monoisotopic (exact) mass is 263 g/mol. The molecule has 0 saturated carbocycles. The van der Waals surface area contributed by atoms with Crippen LogP contribution in [-0.2, 0) is 6.42 Å². The summed E-state index contributed by atoms with van der Waals surface area (Å²) < 4.78 is 1.20. The average Bonchev–Trinajstić information content (AvgIpc) is 2.28. The first-order chi connectivity index (χ1) is 7.34. The normalized spacial score (nSPS) is 19.3. The predicted octanol–water partition coefficient (Wildman–Crippen LogP) is 3.49. The molecule has 1 heterocycles. The van der Waals surface area contributed by atoms with Gasteiger partial charge in [0.15, 0.2) is 0 Å². The van der Waals surface area contributed by atoms with E-state index in [4.69, 9.17) is 0 Å². The first-order valence-corrected chi connectivity index (χ1v) is 6.38. The van der Waals surface area contributed by atoms with E-state index in [1.807, 2.05) is 0 Å². The minimum absolute atomic E-state index is 1.16. The van der Waals surface area contributed by atoms with Gasteiger partial charge >= 0.3 is 0 Å². The summed E-state index contributed by atoms with van der Waals surface area (Å²) in [6, 6.07) is 6.69. The van der Waals surface area contributed by atoms with Crippen LogP contribution in [0.4, 0.5) is 0 Å². The summed E-state index contributed by atoms with van der Waals surface area (Å²) in [7, 11) is 0. The van der Waals surface area contributed by atoms with Gasteiger partial charge in [-0.3, -0.25) is 0 Å². The number of hydrogen-bond donors (Lipinski definition) is 1. The Morgan fingerprint density at radius 3 is 3.00 bits per heavy atom. The Kier molecular flexibility index (Phi) is 2.32. The fourth-order valence-corrected chi connectivity index (χ4v) is 3.03. The second-order valence-corrected chi connectivity index (χ2v) is 5.20. The number of aryl methyl sites for hydroxylation is 1. The molecule has 0 amide bonds. The highest BCUT2D eigenvalue weighted by atomic mass is 79.9. The molecule has 1 aromatic rings. The molecule has 0 radical (unpaired) electrons. The fraction of sp³-hybridized carbons (Fsp3) is 0.385. The van der Waals surface area contributed by atoms with Crippen molar-refractivity contribution < 1.29 is 0 Å². The molecule has 0 saturated heterocycles. The standard InChI is InChI=1S/C13H14BrN/c14-10-4-5-11-9(8-10)3-6-13-12(11)2-1-7-15-13/h4-5,8,15H,1-3,6-7H2. The van der Waals surface area contributed by atoms with Gasteiger partial charge in [-0.25, -0.2) is 0 Å². The molecule has 0 fully saturated rings. The lowest BCUT2D eigenvalue weighted by molar-refractivity contribution is 0.657. The predicted molar refractivity (Wildman–Crippen MR) is 66.6 cm³/mol. The molecule has 0 unspecified atom stereocenters. The quantitative estimate of drug-likeness (QED) is 0.756. The zero-order valence-corrected chi connectivity index (χ0v) is 10.2. The van der Waals surface area contributed by atoms with Crippen LogP contribution in [0.25, 0.3) is 5.57 Å². The summed E-state index contributed by atoms with van der Waals surface area (Å²) >= 11 is 3.55. The molecule has 1 aromatic carbocycles. The van der Waals surface area contributed by atoms with Gasteiger partial charge in [-0.15, -0.1) is 0 Å². The van der Waals surface area contributed by atoms with Gasteiger partial charge in [0.05, 0.1) is 0 Å². The van der Waals surface area contributed by atoms with Gasteiger partial charge in [-0.2, -0.15) is 0 Å². The number of hydrogen-bond acceptors (Lipinski definition) is 1. The molecule has 2 aliphatic rings. The molecular formula is C13H14BrN. The maximum atomic E-state index is 3.55. The lowest BCUT2D eigenvalue weighted by atomic mass is 9.85. The Morgan fingerprint density at radius 2 is 2.07 bits per heavy atom. The van der Waals surface area contributed by atoms with Gasteiger partial charge in [0.1, 0.15) is 0 Å². The number of allylic oxidation sites excluding steroid dienone is 2. The van der Waals surface area contributed by atoms with E-state index in [1.165, 1.54) is 47.0 Å². The summed E-state index contributed by atoms with van der Waals surface area (Å²) in [6.45, 7) is 1.16. The minimum atomic E-state index is 1.16. The lowest BCUT2D eigenvalue weighted by Gasteiger charge is -2.28. The van der Waals surface area contributed by atoms with E-state index in [1.54, 1.807) is 5.57 Å². The van der Waals surface area contributed by atoms with Gasteiger partial charge in [0.2, 0.25) is 0 Å². The number of benzene rings is 1. The van der Waals surface area contributed by atoms with Crippen LogP contribution in [0.3, 0.4) is 0 Å². The Hall–Kier alpha value is -0.760. The van der Waals surface area contributed by atoms with Crippen LogP contribution < -0.4 is 5.32 Å². The smallest absolute Gasteiger partial charge is 0.0178 e. The van der Waals surface area contributed by atoms with E-state index < -0.39 is 0 Å². The van der Waals surface area contributed by atoms with E-state index in [0.717, 1.165) is 6.54 Å². The SMILES string of the molecule is Brc1ccc2c(c1)CCC1=C2CCCN1. The van der Waals surface area contributed by atoms with Crippen LogP contribution >= 0.6 is 15.9 Å². The summed E-state index contributed by atoms with van der Waals surface area (Å²) in [5.74, 6) is 0. The first kappa shape index (κ1) is 9.46. The van der Waals surface area contributed by atoms with Crippen LogP contribution in [0, 0.1) is 0 Å². The highest BCUT2D eigenvalue weighted by molar-refractivity contribution is 9.10. The van der Waals surface area contributed by atoms with Crippen LogP contribution in [-0.4, -0.2) is 6.54 Å². The van der Waals surface area contributed by atoms with Gasteiger partial charge in [0.25, 0.3) is 0 Å². The third kappa shape index (κ3) is 1.61. The fourth-order valence-electron chi connectivity index (χ4n) is 2.62. The molecule has 1 aliphatic carbocycles. The van der Waals surface area contributed by atoms with Crippen LogP contribution in [0.2, 0.25) is 0 Å². The molecule has 0 spiro atoms.